The van der Waals surface area contributed by atoms with E-state index >= 15 is 0 Å². The molecule has 0 saturated carbocycles. The maximum Gasteiger partial charge on any atom is 0.202 e. The minimum Gasteiger partial charge on any atom is -0.453 e. The average Bonchev–Trinajstić information content (AvgIpc) is 2.84. The van der Waals surface area contributed by atoms with Crippen LogP contribution in [0.15, 0.2) is 52.9 Å². The van der Waals surface area contributed by atoms with Gasteiger partial charge in [-0.1, -0.05) is 23.7 Å². The van der Waals surface area contributed by atoms with E-state index in [0.29, 0.717) is 16.0 Å². The monoisotopic (exact) mass is 288 g/mol. The van der Waals surface area contributed by atoms with Crippen LogP contribution in [0.2, 0.25) is 5.02 Å². The highest BCUT2D eigenvalue weighted by molar-refractivity contribution is 6.30. The number of carbonyl (C=O) groups excluding carboxylic acids is 1. The van der Waals surface area contributed by atoms with Crippen LogP contribution in [0.5, 0.6) is 0 Å². The highest BCUT2D eigenvalue weighted by Crippen LogP contribution is 2.21. The van der Waals surface area contributed by atoms with Crippen LogP contribution in [-0.2, 0) is 6.42 Å². The molecule has 0 N–H and O–H groups in total. The molecule has 0 amide bonds. The van der Waals surface area contributed by atoms with Crippen LogP contribution < -0.4 is 0 Å². The molecule has 0 aliphatic heterocycles. The van der Waals surface area contributed by atoms with Crippen molar-refractivity contribution in [2.45, 2.75) is 6.42 Å². The van der Waals surface area contributed by atoms with Gasteiger partial charge in [0.1, 0.15) is 11.4 Å². The molecule has 0 spiro atoms. The molecule has 2 nitrogen and oxygen atoms in total. The highest BCUT2D eigenvalue weighted by atomic mass is 35.5. The molecule has 2 aromatic carbocycles. The van der Waals surface area contributed by atoms with Crippen LogP contribution in [-0.4, -0.2) is 5.78 Å². The summed E-state index contributed by atoms with van der Waals surface area (Å²) in [6, 6.07) is 12.8. The second-order valence-electron chi connectivity index (χ2n) is 4.52. The lowest BCUT2D eigenvalue weighted by molar-refractivity contribution is 0.0968. The first-order valence-electron chi connectivity index (χ1n) is 6.08. The smallest absolute Gasteiger partial charge is 0.202 e. The quantitative estimate of drug-likeness (QED) is 0.657. The van der Waals surface area contributed by atoms with Gasteiger partial charge in [-0.2, -0.15) is 0 Å². The Balaban J connectivity index is 1.86. The molecule has 0 unspecified atom stereocenters. The fourth-order valence-corrected chi connectivity index (χ4v) is 2.15. The van der Waals surface area contributed by atoms with E-state index in [1.807, 2.05) is 0 Å². The molecule has 3 aromatic rings. The van der Waals surface area contributed by atoms with E-state index in [-0.39, 0.29) is 23.8 Å². The lowest BCUT2D eigenvalue weighted by atomic mass is 10.1. The van der Waals surface area contributed by atoms with Gasteiger partial charge in [0.05, 0.1) is 0 Å². The van der Waals surface area contributed by atoms with Crippen molar-refractivity contribution < 1.29 is 13.6 Å². The van der Waals surface area contributed by atoms with Gasteiger partial charge in [-0.3, -0.25) is 4.79 Å². The van der Waals surface area contributed by atoms with E-state index in [0.717, 1.165) is 5.56 Å². The lowest BCUT2D eigenvalue weighted by Crippen LogP contribution is -2.01. The average molecular weight is 289 g/mol. The number of carbonyl (C=O) groups is 1. The van der Waals surface area contributed by atoms with Gasteiger partial charge in [0.15, 0.2) is 5.76 Å². The zero-order chi connectivity index (χ0) is 14.1. The Labute approximate surface area is 119 Å². The van der Waals surface area contributed by atoms with Crippen LogP contribution >= 0.6 is 11.6 Å². The number of hydrogen-bond donors (Lipinski definition) is 0. The van der Waals surface area contributed by atoms with Crippen molar-refractivity contribution in [1.29, 1.82) is 0 Å². The fraction of sp³-hybridized carbons (Fsp3) is 0.0625. The van der Waals surface area contributed by atoms with E-state index in [2.05, 4.69) is 0 Å². The minimum absolute atomic E-state index is 0.149. The third-order valence-electron chi connectivity index (χ3n) is 3.03. The summed E-state index contributed by atoms with van der Waals surface area (Å²) in [5.41, 5.74) is 1.36. The number of ketones is 1. The minimum atomic E-state index is -0.352. The fourth-order valence-electron chi connectivity index (χ4n) is 2.03. The number of benzene rings is 2. The van der Waals surface area contributed by atoms with Gasteiger partial charge in [-0.25, -0.2) is 4.39 Å². The number of furan rings is 1. The summed E-state index contributed by atoms with van der Waals surface area (Å²) in [4.78, 5) is 12.1. The molecule has 1 aromatic heterocycles. The van der Waals surface area contributed by atoms with Gasteiger partial charge in [0.2, 0.25) is 5.78 Å². The molecule has 0 bridgehead atoms. The first kappa shape index (κ1) is 12.9. The zero-order valence-electron chi connectivity index (χ0n) is 10.4. The molecular formula is C16H10ClFO2. The van der Waals surface area contributed by atoms with Crippen LogP contribution in [0.4, 0.5) is 4.39 Å². The van der Waals surface area contributed by atoms with Gasteiger partial charge in [0, 0.05) is 16.8 Å². The van der Waals surface area contributed by atoms with E-state index in [1.54, 1.807) is 30.3 Å². The summed E-state index contributed by atoms with van der Waals surface area (Å²) in [5.74, 6) is -0.264. The predicted molar refractivity (Wildman–Crippen MR) is 75.7 cm³/mol. The number of rotatable bonds is 3. The Kier molecular flexibility index (Phi) is 3.28. The molecule has 1 heterocycles. The van der Waals surface area contributed by atoms with Crippen LogP contribution in [0.3, 0.4) is 0 Å². The molecule has 100 valence electrons. The predicted octanol–water partition coefficient (Wildman–Crippen LogP) is 4.65. The zero-order valence-corrected chi connectivity index (χ0v) is 11.2. The lowest BCUT2D eigenvalue weighted by Gasteiger charge is -1.98. The van der Waals surface area contributed by atoms with Crippen molar-refractivity contribution in [1.82, 2.24) is 0 Å². The molecule has 0 fully saturated rings. The summed E-state index contributed by atoms with van der Waals surface area (Å²) >= 11 is 5.79. The van der Waals surface area contributed by atoms with Crippen molar-refractivity contribution in [3.63, 3.8) is 0 Å². The molecule has 3 rings (SSSR count). The molecule has 20 heavy (non-hydrogen) atoms. The number of Topliss-reactive ketones (excluding diaryl/α,β-unsaturated/α-hetero) is 1. The SMILES string of the molecule is O=C(Cc1ccc(Cl)cc1)c1cc2cc(F)ccc2o1. The summed E-state index contributed by atoms with van der Waals surface area (Å²) in [6.07, 6.45) is 0.222. The largest absolute Gasteiger partial charge is 0.453 e. The van der Waals surface area contributed by atoms with Crippen molar-refractivity contribution >= 4 is 28.4 Å². The van der Waals surface area contributed by atoms with Gasteiger partial charge in [-0.05, 0) is 42.0 Å². The Morgan fingerprint density at radius 2 is 1.85 bits per heavy atom. The maximum atomic E-state index is 13.1. The van der Waals surface area contributed by atoms with E-state index in [9.17, 15) is 9.18 Å². The Bertz CT molecular complexity index is 775. The van der Waals surface area contributed by atoms with Gasteiger partial charge >= 0.3 is 0 Å². The molecule has 4 heteroatoms. The van der Waals surface area contributed by atoms with Crippen molar-refractivity contribution in [3.05, 3.63) is 70.7 Å². The van der Waals surface area contributed by atoms with Gasteiger partial charge < -0.3 is 4.42 Å². The van der Waals surface area contributed by atoms with Crippen LogP contribution in [0.1, 0.15) is 16.1 Å². The molecule has 0 radical (unpaired) electrons. The summed E-state index contributed by atoms with van der Waals surface area (Å²) < 4.78 is 18.5. The van der Waals surface area contributed by atoms with Crippen molar-refractivity contribution in [2.75, 3.05) is 0 Å². The Morgan fingerprint density at radius 1 is 1.10 bits per heavy atom. The topological polar surface area (TPSA) is 30.2 Å². The van der Waals surface area contributed by atoms with Crippen LogP contribution in [0.25, 0.3) is 11.0 Å². The maximum absolute atomic E-state index is 13.1. The Morgan fingerprint density at radius 3 is 2.60 bits per heavy atom. The van der Waals surface area contributed by atoms with Gasteiger partial charge in [-0.15, -0.1) is 0 Å². The number of hydrogen-bond acceptors (Lipinski definition) is 2. The molecular weight excluding hydrogens is 279 g/mol. The third kappa shape index (κ3) is 2.58. The second-order valence-corrected chi connectivity index (χ2v) is 4.96. The molecule has 0 atom stereocenters. The molecule has 0 aliphatic carbocycles. The van der Waals surface area contributed by atoms with E-state index < -0.39 is 0 Å². The first-order chi connectivity index (χ1) is 9.61. The summed E-state index contributed by atoms with van der Waals surface area (Å²) in [6.45, 7) is 0. The normalized spacial score (nSPS) is 10.9. The van der Waals surface area contributed by atoms with Gasteiger partial charge in [0.25, 0.3) is 0 Å². The van der Waals surface area contributed by atoms with Crippen molar-refractivity contribution in [2.24, 2.45) is 0 Å². The molecule has 0 saturated heterocycles. The standard InChI is InChI=1S/C16H10ClFO2/c17-12-3-1-10(2-4-12)7-14(19)16-9-11-8-13(18)5-6-15(11)20-16/h1-6,8-9H,7H2. The Hall–Kier alpha value is -2.13. The summed E-state index contributed by atoms with van der Waals surface area (Å²) in [7, 11) is 0. The first-order valence-corrected chi connectivity index (χ1v) is 6.46. The highest BCUT2D eigenvalue weighted by Gasteiger charge is 2.13. The number of fused-ring (bicyclic) bond motifs is 1. The number of halogens is 2. The van der Waals surface area contributed by atoms with E-state index in [1.165, 1.54) is 18.2 Å². The molecule has 0 aliphatic rings. The van der Waals surface area contributed by atoms with Crippen molar-refractivity contribution in [3.8, 4) is 0 Å². The second kappa shape index (κ2) is 5.10. The third-order valence-corrected chi connectivity index (χ3v) is 3.28. The van der Waals surface area contributed by atoms with E-state index in [4.69, 9.17) is 16.0 Å². The van der Waals surface area contributed by atoms with Crippen LogP contribution in [0, 0.1) is 5.82 Å². The summed E-state index contributed by atoms with van der Waals surface area (Å²) in [5, 5.41) is 1.21.